The Balaban J connectivity index is 2.40. The van der Waals surface area contributed by atoms with Crippen molar-refractivity contribution in [2.75, 3.05) is 37.9 Å². The predicted molar refractivity (Wildman–Crippen MR) is 96.2 cm³/mol. The van der Waals surface area contributed by atoms with E-state index in [1.165, 1.54) is 11.9 Å². The van der Waals surface area contributed by atoms with Gasteiger partial charge in [-0.15, -0.1) is 6.42 Å². The van der Waals surface area contributed by atoms with Crippen LogP contribution in [0, 0.1) is 18.2 Å². The highest BCUT2D eigenvalue weighted by atomic mass is 32.1. The van der Waals surface area contributed by atoms with Crippen molar-refractivity contribution in [1.29, 1.82) is 0 Å². The van der Waals surface area contributed by atoms with Crippen LogP contribution in [0.1, 0.15) is 0 Å². The van der Waals surface area contributed by atoms with Gasteiger partial charge in [-0.2, -0.15) is 8.78 Å². The van der Waals surface area contributed by atoms with Crippen LogP contribution in [0.4, 0.5) is 29.3 Å². The van der Waals surface area contributed by atoms with E-state index in [1.807, 2.05) is 0 Å². The molecule has 0 bridgehead atoms. The quantitative estimate of drug-likeness (QED) is 0.609. The summed E-state index contributed by atoms with van der Waals surface area (Å²) >= 11 is 5.04. The number of carbonyl (C=O) groups excluding carboxylic acids is 2. The van der Waals surface area contributed by atoms with Gasteiger partial charge in [0.2, 0.25) is 0 Å². The Morgan fingerprint density at radius 3 is 2.59 bits per heavy atom. The number of nitrogens with zero attached hydrogens (tertiary/aromatic N) is 3. The highest BCUT2D eigenvalue weighted by Crippen LogP contribution is 2.41. The molecule has 3 amide bonds. The summed E-state index contributed by atoms with van der Waals surface area (Å²) in [5, 5.41) is 2.41. The van der Waals surface area contributed by atoms with Crippen LogP contribution in [-0.4, -0.2) is 60.6 Å². The summed E-state index contributed by atoms with van der Waals surface area (Å²) in [5.74, 6) is -1.25. The number of hydrogen-bond donors (Lipinski definition) is 1. The van der Waals surface area contributed by atoms with E-state index in [0.29, 0.717) is 11.0 Å². The number of fused-ring (bicyclic) bond motifs is 1. The minimum Gasteiger partial charge on any atom is -0.423 e. The number of terminal acetylenes is 1. The lowest BCUT2D eigenvalue weighted by Crippen LogP contribution is -2.51. The zero-order valence-corrected chi connectivity index (χ0v) is 15.4. The second kappa shape index (κ2) is 7.32. The summed E-state index contributed by atoms with van der Waals surface area (Å²) < 4.78 is 45.9. The fourth-order valence-corrected chi connectivity index (χ4v) is 2.30. The fourth-order valence-electron chi connectivity index (χ4n) is 2.21. The first-order chi connectivity index (χ1) is 12.5. The number of benzene rings is 1. The standard InChI is InChI=1S/C16H15F3N4O3S/c1-5-6-23-11-8-10(20-14(25)22(4)15(27)21(2)3)9(17)7-12(11)26-16(18,19)13(23)24/h1,7-8H,6H2,2-4H3,(H,20,25). The Morgan fingerprint density at radius 1 is 1.41 bits per heavy atom. The maximum atomic E-state index is 14.3. The van der Waals surface area contributed by atoms with Crippen LogP contribution < -0.4 is 15.0 Å². The summed E-state index contributed by atoms with van der Waals surface area (Å²) in [6, 6.07) is 0.850. The molecular weight excluding hydrogens is 385 g/mol. The maximum Gasteiger partial charge on any atom is 0.483 e. The van der Waals surface area contributed by atoms with Crippen LogP contribution >= 0.6 is 12.2 Å². The van der Waals surface area contributed by atoms with Crippen LogP contribution in [0.3, 0.4) is 0 Å². The van der Waals surface area contributed by atoms with Crippen LogP contribution in [0.25, 0.3) is 0 Å². The third-order valence-electron chi connectivity index (χ3n) is 3.54. The molecular formula is C16H15F3N4O3S. The number of hydrogen-bond acceptors (Lipinski definition) is 4. The molecule has 11 heteroatoms. The molecule has 0 saturated carbocycles. The molecule has 0 aliphatic carbocycles. The molecule has 0 fully saturated rings. The fraction of sp³-hybridized carbons (Fsp3) is 0.312. The number of anilines is 2. The van der Waals surface area contributed by atoms with Crippen LogP contribution in [0.15, 0.2) is 12.1 Å². The third-order valence-corrected chi connectivity index (χ3v) is 4.18. The summed E-state index contributed by atoms with van der Waals surface area (Å²) in [6.45, 7) is -0.492. The molecule has 1 aliphatic heterocycles. The molecule has 1 aromatic carbocycles. The van der Waals surface area contributed by atoms with E-state index in [9.17, 15) is 22.8 Å². The smallest absolute Gasteiger partial charge is 0.423 e. The molecule has 0 aromatic heterocycles. The van der Waals surface area contributed by atoms with Gasteiger partial charge in [0.25, 0.3) is 0 Å². The first-order valence-electron chi connectivity index (χ1n) is 7.41. The Bertz CT molecular complexity index is 854. The van der Waals surface area contributed by atoms with Gasteiger partial charge in [-0.1, -0.05) is 5.92 Å². The van der Waals surface area contributed by atoms with E-state index in [0.717, 1.165) is 11.0 Å². The average molecular weight is 400 g/mol. The first-order valence-corrected chi connectivity index (χ1v) is 7.82. The van der Waals surface area contributed by atoms with E-state index in [4.69, 9.17) is 18.6 Å². The van der Waals surface area contributed by atoms with Crippen molar-refractivity contribution in [3.05, 3.63) is 17.9 Å². The van der Waals surface area contributed by atoms with Gasteiger partial charge in [0.05, 0.1) is 17.9 Å². The molecule has 1 aromatic rings. The van der Waals surface area contributed by atoms with Crippen molar-refractivity contribution in [1.82, 2.24) is 9.80 Å². The largest absolute Gasteiger partial charge is 0.483 e. The lowest BCUT2D eigenvalue weighted by Gasteiger charge is -2.32. The first kappa shape index (κ1) is 20.3. The number of amides is 3. The molecule has 144 valence electrons. The number of alkyl halides is 2. The molecule has 2 rings (SSSR count). The van der Waals surface area contributed by atoms with Crippen molar-refractivity contribution in [3.63, 3.8) is 0 Å². The lowest BCUT2D eigenvalue weighted by molar-refractivity contribution is -0.192. The van der Waals surface area contributed by atoms with Crippen molar-refractivity contribution in [2.24, 2.45) is 0 Å². The highest BCUT2D eigenvalue weighted by molar-refractivity contribution is 7.80. The monoisotopic (exact) mass is 400 g/mol. The maximum absolute atomic E-state index is 14.3. The lowest BCUT2D eigenvalue weighted by atomic mass is 10.2. The molecule has 0 atom stereocenters. The molecule has 1 N–H and O–H groups in total. The molecule has 7 nitrogen and oxygen atoms in total. The Labute approximate surface area is 158 Å². The number of halogens is 3. The van der Waals surface area contributed by atoms with Crippen molar-refractivity contribution in [2.45, 2.75) is 6.11 Å². The molecule has 0 unspecified atom stereocenters. The second-order valence-electron chi connectivity index (χ2n) is 5.68. The summed E-state index contributed by atoms with van der Waals surface area (Å²) in [4.78, 5) is 27.2. The number of thiocarbonyl (C=S) groups is 1. The highest BCUT2D eigenvalue weighted by Gasteiger charge is 2.50. The Morgan fingerprint density at radius 2 is 2.04 bits per heavy atom. The van der Waals surface area contributed by atoms with Gasteiger partial charge in [-0.3, -0.25) is 14.6 Å². The van der Waals surface area contributed by atoms with Crippen LogP contribution in [-0.2, 0) is 4.79 Å². The zero-order valence-electron chi connectivity index (χ0n) is 14.5. The molecule has 1 heterocycles. The van der Waals surface area contributed by atoms with Gasteiger partial charge in [-0.05, 0) is 18.3 Å². The number of carbonyl (C=O) groups is 2. The molecule has 0 radical (unpaired) electrons. The third kappa shape index (κ3) is 3.90. The summed E-state index contributed by atoms with van der Waals surface area (Å²) in [5.41, 5.74) is -0.561. The molecule has 1 aliphatic rings. The molecule has 0 spiro atoms. The van der Waals surface area contributed by atoms with Gasteiger partial charge in [0, 0.05) is 27.2 Å². The minimum absolute atomic E-state index is 0.151. The van der Waals surface area contributed by atoms with Gasteiger partial charge in [0.15, 0.2) is 16.7 Å². The predicted octanol–water partition coefficient (Wildman–Crippen LogP) is 2.09. The van der Waals surface area contributed by atoms with E-state index >= 15 is 0 Å². The van der Waals surface area contributed by atoms with E-state index < -0.39 is 36.2 Å². The topological polar surface area (TPSA) is 65.1 Å². The normalized spacial score (nSPS) is 14.6. The number of ether oxygens (including phenoxy) is 1. The Kier molecular flexibility index (Phi) is 5.51. The van der Waals surface area contributed by atoms with Crippen LogP contribution in [0.5, 0.6) is 5.75 Å². The zero-order chi connectivity index (χ0) is 20.5. The number of rotatable bonds is 2. The SMILES string of the molecule is C#CCN1C(=O)C(F)(F)Oc2cc(F)c(NC(=O)N(C)C(=S)N(C)C)cc21. The molecule has 0 saturated heterocycles. The van der Waals surface area contributed by atoms with Crippen molar-refractivity contribution in [3.8, 4) is 18.1 Å². The van der Waals surface area contributed by atoms with Crippen molar-refractivity contribution < 1.29 is 27.5 Å². The Hall–Kier alpha value is -3.00. The summed E-state index contributed by atoms with van der Waals surface area (Å²) in [6.07, 6.45) is 0.937. The van der Waals surface area contributed by atoms with Crippen molar-refractivity contribution >= 4 is 40.6 Å². The van der Waals surface area contributed by atoms with E-state index in [-0.39, 0.29) is 16.5 Å². The van der Waals surface area contributed by atoms with E-state index in [1.54, 1.807) is 14.1 Å². The average Bonchev–Trinajstić information content (AvgIpc) is 2.58. The number of urea groups is 1. The molecule has 27 heavy (non-hydrogen) atoms. The van der Waals surface area contributed by atoms with Gasteiger partial charge < -0.3 is 15.0 Å². The number of nitrogens with one attached hydrogen (secondary N) is 1. The van der Waals surface area contributed by atoms with Gasteiger partial charge in [0.1, 0.15) is 0 Å². The van der Waals surface area contributed by atoms with E-state index in [2.05, 4.69) is 16.0 Å². The van der Waals surface area contributed by atoms with Gasteiger partial charge in [-0.25, -0.2) is 9.18 Å². The second-order valence-corrected chi connectivity index (χ2v) is 6.05. The summed E-state index contributed by atoms with van der Waals surface area (Å²) in [7, 11) is 4.60. The van der Waals surface area contributed by atoms with Gasteiger partial charge >= 0.3 is 18.0 Å². The minimum atomic E-state index is -4.18. The van der Waals surface area contributed by atoms with Crippen LogP contribution in [0.2, 0.25) is 0 Å².